The summed E-state index contributed by atoms with van der Waals surface area (Å²) in [6.07, 6.45) is 0. The Morgan fingerprint density at radius 2 is 0.830 bits per heavy atom. The minimum absolute atomic E-state index is 0.602. The van der Waals surface area contributed by atoms with E-state index in [4.69, 9.17) is 19.4 Å². The molecule has 2 heterocycles. The number of aromatic nitrogens is 3. The fraction of sp³-hybridized carbons (Fsp3) is 0. The van der Waals surface area contributed by atoms with Gasteiger partial charge in [-0.05, 0) is 72.4 Å². The molecule has 0 bridgehead atoms. The summed E-state index contributed by atoms with van der Waals surface area (Å²) in [5.41, 5.74) is 6.73. The van der Waals surface area contributed by atoms with E-state index in [2.05, 4.69) is 146 Å². The molecular formula is C49H29N3O. The maximum atomic E-state index is 6.27. The summed E-state index contributed by atoms with van der Waals surface area (Å²) < 4.78 is 6.27. The highest BCUT2D eigenvalue weighted by atomic mass is 16.3. The number of rotatable bonds is 4. The highest BCUT2D eigenvalue weighted by Crippen LogP contribution is 2.38. The average molecular weight is 676 g/mol. The molecule has 0 spiro atoms. The van der Waals surface area contributed by atoms with Crippen LogP contribution >= 0.6 is 0 Å². The molecule has 4 heteroatoms. The molecule has 11 aromatic rings. The van der Waals surface area contributed by atoms with Crippen LogP contribution in [0.15, 0.2) is 180 Å². The van der Waals surface area contributed by atoms with Crippen molar-refractivity contribution in [3.05, 3.63) is 176 Å². The lowest BCUT2D eigenvalue weighted by atomic mass is 9.96. The van der Waals surface area contributed by atoms with Crippen molar-refractivity contribution in [2.75, 3.05) is 0 Å². The van der Waals surface area contributed by atoms with Crippen LogP contribution in [0.4, 0.5) is 0 Å². The SMILES string of the molecule is c1ccc2c(-c3ccc(-c4nc(-c5ccc6c(ccc7c8ccccc8ccc67)c5)nc(-c5cccc6oc7ccccc7c56)n4)cc3)cccc2c1. The van der Waals surface area contributed by atoms with Gasteiger partial charge < -0.3 is 4.42 Å². The standard InChI is InChI=1S/C49H29N3O/c1-3-12-36-30(9-1)11-7-15-37(36)32-19-21-33(22-20-32)47-50-48(52-49(51-47)43-16-8-18-45-46(43)42-14-5-6-17-44(42)53-45)35-25-26-39-34(29-35)24-28-40-38-13-4-2-10-31(38)23-27-41(39)40/h1-29H. The monoisotopic (exact) mass is 675 g/mol. The van der Waals surface area contributed by atoms with Crippen LogP contribution in [0.1, 0.15) is 0 Å². The quantitative estimate of drug-likeness (QED) is 0.174. The second-order valence-electron chi connectivity index (χ2n) is 13.6. The van der Waals surface area contributed by atoms with Gasteiger partial charge in [0.1, 0.15) is 11.2 Å². The predicted octanol–water partition coefficient (Wildman–Crippen LogP) is 13.1. The first-order valence-corrected chi connectivity index (χ1v) is 17.9. The number of fused-ring (bicyclic) bond motifs is 9. The van der Waals surface area contributed by atoms with Crippen LogP contribution in [-0.4, -0.2) is 15.0 Å². The Morgan fingerprint density at radius 3 is 1.66 bits per heavy atom. The average Bonchev–Trinajstić information content (AvgIpc) is 3.62. The lowest BCUT2D eigenvalue weighted by Gasteiger charge is -2.12. The van der Waals surface area contributed by atoms with E-state index < -0.39 is 0 Å². The molecule has 0 unspecified atom stereocenters. The largest absolute Gasteiger partial charge is 0.456 e. The van der Waals surface area contributed by atoms with Gasteiger partial charge >= 0.3 is 0 Å². The fourth-order valence-corrected chi connectivity index (χ4v) is 7.96. The number of nitrogens with zero attached hydrogens (tertiary/aromatic N) is 3. The Balaban J connectivity index is 1.09. The molecule has 0 aliphatic rings. The maximum absolute atomic E-state index is 6.27. The Labute approximate surface area is 304 Å². The topological polar surface area (TPSA) is 51.8 Å². The van der Waals surface area contributed by atoms with Crippen molar-refractivity contribution in [3.8, 4) is 45.3 Å². The van der Waals surface area contributed by atoms with Gasteiger partial charge in [0.15, 0.2) is 17.5 Å². The summed E-state index contributed by atoms with van der Waals surface area (Å²) >= 11 is 0. The van der Waals surface area contributed by atoms with E-state index in [1.165, 1.54) is 43.3 Å². The van der Waals surface area contributed by atoms with E-state index in [9.17, 15) is 0 Å². The third-order valence-electron chi connectivity index (χ3n) is 10.5. The summed E-state index contributed by atoms with van der Waals surface area (Å²) in [6, 6.07) is 61.7. The summed E-state index contributed by atoms with van der Waals surface area (Å²) in [7, 11) is 0. The lowest BCUT2D eigenvalue weighted by molar-refractivity contribution is 0.669. The zero-order chi connectivity index (χ0) is 34.9. The fourth-order valence-electron chi connectivity index (χ4n) is 7.96. The van der Waals surface area contributed by atoms with Crippen molar-refractivity contribution in [1.29, 1.82) is 0 Å². The Kier molecular flexibility index (Phi) is 6.52. The van der Waals surface area contributed by atoms with E-state index in [-0.39, 0.29) is 0 Å². The van der Waals surface area contributed by atoms with Crippen molar-refractivity contribution >= 4 is 65.0 Å². The number of benzene rings is 9. The summed E-state index contributed by atoms with van der Waals surface area (Å²) in [6.45, 7) is 0. The molecule has 0 atom stereocenters. The molecule has 0 saturated carbocycles. The Bertz CT molecular complexity index is 3230. The molecule has 0 N–H and O–H groups in total. The molecule has 9 aromatic carbocycles. The van der Waals surface area contributed by atoms with Crippen molar-refractivity contribution in [2.45, 2.75) is 0 Å². The van der Waals surface area contributed by atoms with Gasteiger partial charge in [-0.1, -0.05) is 158 Å². The van der Waals surface area contributed by atoms with Crippen LogP contribution in [0.5, 0.6) is 0 Å². The molecule has 2 aromatic heterocycles. The van der Waals surface area contributed by atoms with Gasteiger partial charge in [0.2, 0.25) is 0 Å². The van der Waals surface area contributed by atoms with Crippen LogP contribution in [0, 0.1) is 0 Å². The lowest BCUT2D eigenvalue weighted by Crippen LogP contribution is -2.00. The third kappa shape index (κ3) is 4.80. The molecule has 53 heavy (non-hydrogen) atoms. The van der Waals surface area contributed by atoms with Crippen LogP contribution in [0.25, 0.3) is 110 Å². The van der Waals surface area contributed by atoms with Crippen molar-refractivity contribution in [2.24, 2.45) is 0 Å². The van der Waals surface area contributed by atoms with Crippen molar-refractivity contribution < 1.29 is 4.42 Å². The zero-order valence-corrected chi connectivity index (χ0v) is 28.5. The molecule has 0 amide bonds. The second kappa shape index (κ2) is 11.7. The molecule has 0 saturated heterocycles. The molecule has 0 aliphatic carbocycles. The van der Waals surface area contributed by atoms with E-state index in [0.29, 0.717) is 17.5 Å². The molecule has 11 rings (SSSR count). The first kappa shape index (κ1) is 29.5. The van der Waals surface area contributed by atoms with Gasteiger partial charge in [0, 0.05) is 27.5 Å². The smallest absolute Gasteiger partial charge is 0.164 e. The van der Waals surface area contributed by atoms with E-state index in [1.807, 2.05) is 30.3 Å². The highest BCUT2D eigenvalue weighted by Gasteiger charge is 2.18. The van der Waals surface area contributed by atoms with Crippen LogP contribution in [0.3, 0.4) is 0 Å². The number of hydrogen-bond acceptors (Lipinski definition) is 4. The van der Waals surface area contributed by atoms with Gasteiger partial charge in [-0.2, -0.15) is 0 Å². The normalized spacial score (nSPS) is 11.8. The summed E-state index contributed by atoms with van der Waals surface area (Å²) in [5.74, 6) is 1.84. The third-order valence-corrected chi connectivity index (χ3v) is 10.5. The highest BCUT2D eigenvalue weighted by molar-refractivity contribution is 6.17. The van der Waals surface area contributed by atoms with Gasteiger partial charge in [-0.15, -0.1) is 0 Å². The van der Waals surface area contributed by atoms with E-state index in [1.54, 1.807) is 0 Å². The predicted molar refractivity (Wildman–Crippen MR) is 219 cm³/mol. The number of furan rings is 1. The van der Waals surface area contributed by atoms with Crippen LogP contribution in [0.2, 0.25) is 0 Å². The van der Waals surface area contributed by atoms with Crippen LogP contribution < -0.4 is 0 Å². The zero-order valence-electron chi connectivity index (χ0n) is 28.5. The Hall–Kier alpha value is -7.17. The Morgan fingerprint density at radius 1 is 0.302 bits per heavy atom. The number of para-hydroxylation sites is 1. The summed E-state index contributed by atoms with van der Waals surface area (Å²) in [4.78, 5) is 15.5. The number of hydrogen-bond donors (Lipinski definition) is 0. The van der Waals surface area contributed by atoms with Crippen LogP contribution in [-0.2, 0) is 0 Å². The molecule has 0 radical (unpaired) electrons. The summed E-state index contributed by atoms with van der Waals surface area (Å²) in [5, 5.41) is 11.8. The van der Waals surface area contributed by atoms with Crippen molar-refractivity contribution in [3.63, 3.8) is 0 Å². The van der Waals surface area contributed by atoms with E-state index in [0.717, 1.165) is 49.6 Å². The molecule has 0 aliphatic heterocycles. The maximum Gasteiger partial charge on any atom is 0.164 e. The minimum atomic E-state index is 0.602. The second-order valence-corrected chi connectivity index (χ2v) is 13.6. The molecule has 4 nitrogen and oxygen atoms in total. The van der Waals surface area contributed by atoms with Gasteiger partial charge in [0.25, 0.3) is 0 Å². The minimum Gasteiger partial charge on any atom is -0.456 e. The molecular weight excluding hydrogens is 647 g/mol. The van der Waals surface area contributed by atoms with Gasteiger partial charge in [-0.3, -0.25) is 0 Å². The van der Waals surface area contributed by atoms with Crippen molar-refractivity contribution in [1.82, 2.24) is 15.0 Å². The first-order valence-electron chi connectivity index (χ1n) is 17.9. The molecule has 246 valence electrons. The molecule has 0 fully saturated rings. The van der Waals surface area contributed by atoms with Gasteiger partial charge in [-0.25, -0.2) is 15.0 Å². The van der Waals surface area contributed by atoms with Gasteiger partial charge in [0.05, 0.1) is 0 Å². The first-order chi connectivity index (χ1) is 26.2. The van der Waals surface area contributed by atoms with E-state index >= 15 is 0 Å².